The van der Waals surface area contributed by atoms with Crippen LogP contribution in [0.3, 0.4) is 0 Å². The SMILES string of the molecule is CCCC(CCC(C)C)(CCC(C)C)OC(=O)c1ccccc1C(=O)O. The molecule has 4 heteroatoms. The zero-order valence-electron chi connectivity index (χ0n) is 16.9. The first kappa shape index (κ1) is 22.2. The normalized spacial score (nSPS) is 11.8. The van der Waals surface area contributed by atoms with Gasteiger partial charge in [-0.1, -0.05) is 53.2 Å². The van der Waals surface area contributed by atoms with Crippen LogP contribution in [-0.2, 0) is 4.74 Å². The molecule has 26 heavy (non-hydrogen) atoms. The van der Waals surface area contributed by atoms with E-state index in [4.69, 9.17) is 4.74 Å². The van der Waals surface area contributed by atoms with Crippen molar-refractivity contribution < 1.29 is 19.4 Å². The van der Waals surface area contributed by atoms with Crippen molar-refractivity contribution in [3.63, 3.8) is 0 Å². The van der Waals surface area contributed by atoms with E-state index in [0.717, 1.165) is 38.5 Å². The summed E-state index contributed by atoms with van der Waals surface area (Å²) >= 11 is 0. The maximum atomic E-state index is 12.9. The van der Waals surface area contributed by atoms with Gasteiger partial charge in [-0.2, -0.15) is 0 Å². The first-order valence-corrected chi connectivity index (χ1v) is 9.76. The van der Waals surface area contributed by atoms with Crippen molar-refractivity contribution in [1.29, 1.82) is 0 Å². The molecular weight excluding hydrogens is 328 g/mol. The molecule has 0 spiro atoms. The summed E-state index contributed by atoms with van der Waals surface area (Å²) in [6.45, 7) is 10.8. The lowest BCUT2D eigenvalue weighted by molar-refractivity contribution is -0.0377. The molecule has 0 fully saturated rings. The minimum absolute atomic E-state index is 0.00406. The van der Waals surface area contributed by atoms with Crippen LogP contribution in [0.25, 0.3) is 0 Å². The largest absolute Gasteiger partial charge is 0.478 e. The molecule has 0 aliphatic carbocycles. The summed E-state index contributed by atoms with van der Waals surface area (Å²) in [7, 11) is 0. The smallest absolute Gasteiger partial charge is 0.339 e. The molecule has 0 radical (unpaired) electrons. The topological polar surface area (TPSA) is 63.6 Å². The van der Waals surface area contributed by atoms with Gasteiger partial charge < -0.3 is 9.84 Å². The third-order valence-electron chi connectivity index (χ3n) is 4.75. The predicted octanol–water partition coefficient (Wildman–Crippen LogP) is 5.95. The monoisotopic (exact) mass is 362 g/mol. The molecule has 0 amide bonds. The molecule has 1 aromatic carbocycles. The number of ether oxygens (including phenoxy) is 1. The number of rotatable bonds is 11. The third kappa shape index (κ3) is 6.81. The molecule has 4 nitrogen and oxygen atoms in total. The zero-order valence-corrected chi connectivity index (χ0v) is 16.9. The van der Waals surface area contributed by atoms with Crippen LogP contribution in [0.15, 0.2) is 24.3 Å². The number of carboxylic acid groups (broad SMARTS) is 1. The summed E-state index contributed by atoms with van der Waals surface area (Å²) in [6.07, 6.45) is 5.30. The standard InChI is InChI=1S/C22H34O4/c1-6-13-22(14-11-16(2)3,15-12-17(4)5)26-21(25)19-10-8-7-9-18(19)20(23)24/h7-10,16-17H,6,11-15H2,1-5H3,(H,23,24). The van der Waals surface area contributed by atoms with E-state index in [9.17, 15) is 14.7 Å². The van der Waals surface area contributed by atoms with Gasteiger partial charge in [-0.3, -0.25) is 0 Å². The molecule has 0 aromatic heterocycles. The minimum atomic E-state index is -1.11. The Balaban J connectivity index is 3.12. The van der Waals surface area contributed by atoms with Crippen molar-refractivity contribution in [3.8, 4) is 0 Å². The van der Waals surface area contributed by atoms with Gasteiger partial charge in [-0.15, -0.1) is 0 Å². The van der Waals surface area contributed by atoms with Gasteiger partial charge >= 0.3 is 11.9 Å². The van der Waals surface area contributed by atoms with Crippen molar-refractivity contribution in [2.45, 2.75) is 78.7 Å². The van der Waals surface area contributed by atoms with Crippen molar-refractivity contribution >= 4 is 11.9 Å². The van der Waals surface area contributed by atoms with E-state index in [1.165, 1.54) is 12.1 Å². The Morgan fingerprint density at radius 2 is 1.46 bits per heavy atom. The highest BCUT2D eigenvalue weighted by atomic mass is 16.6. The summed E-state index contributed by atoms with van der Waals surface area (Å²) in [5.41, 5.74) is -0.392. The van der Waals surface area contributed by atoms with Gasteiger partial charge in [0.05, 0.1) is 11.1 Å². The fraction of sp³-hybridized carbons (Fsp3) is 0.636. The number of benzene rings is 1. The Morgan fingerprint density at radius 3 is 1.88 bits per heavy atom. The van der Waals surface area contributed by atoms with E-state index in [2.05, 4.69) is 34.6 Å². The fourth-order valence-corrected chi connectivity index (χ4v) is 3.19. The minimum Gasteiger partial charge on any atom is -0.478 e. The van der Waals surface area contributed by atoms with Crippen LogP contribution in [0.1, 0.15) is 93.9 Å². The van der Waals surface area contributed by atoms with Crippen LogP contribution in [-0.4, -0.2) is 22.6 Å². The lowest BCUT2D eigenvalue weighted by Gasteiger charge is -2.35. The summed E-state index contributed by atoms with van der Waals surface area (Å²) in [5, 5.41) is 9.36. The molecular formula is C22H34O4. The zero-order chi connectivity index (χ0) is 19.7. The van der Waals surface area contributed by atoms with Crippen molar-refractivity contribution in [2.24, 2.45) is 11.8 Å². The first-order chi connectivity index (χ1) is 12.2. The van der Waals surface area contributed by atoms with Gasteiger partial charge in [-0.25, -0.2) is 9.59 Å². The van der Waals surface area contributed by atoms with Crippen LogP contribution in [0.2, 0.25) is 0 Å². The van der Waals surface area contributed by atoms with Gasteiger partial charge in [0.1, 0.15) is 5.60 Å². The molecule has 0 atom stereocenters. The maximum absolute atomic E-state index is 12.9. The Kier molecular flexibility index (Phi) is 8.83. The van der Waals surface area contributed by atoms with Crippen molar-refractivity contribution in [1.82, 2.24) is 0 Å². The number of aromatic carboxylic acids is 1. The lowest BCUT2D eigenvalue weighted by atomic mass is 9.83. The Labute approximate surface area is 158 Å². The molecule has 0 saturated carbocycles. The summed E-state index contributed by atoms with van der Waals surface area (Å²) in [4.78, 5) is 24.3. The van der Waals surface area contributed by atoms with Gasteiger partial charge in [0.2, 0.25) is 0 Å². The first-order valence-electron chi connectivity index (χ1n) is 9.76. The number of carbonyl (C=O) groups is 2. The molecule has 1 aromatic rings. The van der Waals surface area contributed by atoms with Crippen molar-refractivity contribution in [2.75, 3.05) is 0 Å². The Hall–Kier alpha value is -1.84. The number of hydrogen-bond acceptors (Lipinski definition) is 3. The number of carboxylic acids is 1. The molecule has 0 saturated heterocycles. The van der Waals surface area contributed by atoms with Gasteiger partial charge in [-0.05, 0) is 56.1 Å². The lowest BCUT2D eigenvalue weighted by Crippen LogP contribution is -2.36. The Bertz CT molecular complexity index is 578. The highest BCUT2D eigenvalue weighted by Gasteiger charge is 2.34. The molecule has 0 bridgehead atoms. The van der Waals surface area contributed by atoms with E-state index < -0.39 is 17.5 Å². The summed E-state index contributed by atoms with van der Waals surface area (Å²) < 4.78 is 6.05. The van der Waals surface area contributed by atoms with E-state index in [1.807, 2.05) is 0 Å². The average Bonchev–Trinajstić information content (AvgIpc) is 2.58. The van der Waals surface area contributed by atoms with Crippen LogP contribution in [0.5, 0.6) is 0 Å². The van der Waals surface area contributed by atoms with Crippen LogP contribution >= 0.6 is 0 Å². The Morgan fingerprint density at radius 1 is 0.962 bits per heavy atom. The molecule has 0 aliphatic heterocycles. The highest BCUT2D eigenvalue weighted by Crippen LogP contribution is 2.34. The van der Waals surface area contributed by atoms with Crippen LogP contribution in [0.4, 0.5) is 0 Å². The maximum Gasteiger partial charge on any atom is 0.339 e. The molecule has 0 heterocycles. The predicted molar refractivity (Wildman–Crippen MR) is 105 cm³/mol. The van der Waals surface area contributed by atoms with Crippen LogP contribution in [0, 0.1) is 11.8 Å². The van der Waals surface area contributed by atoms with Gasteiger partial charge in [0, 0.05) is 0 Å². The molecule has 1 rings (SSSR count). The van der Waals surface area contributed by atoms with E-state index >= 15 is 0 Å². The number of carbonyl (C=O) groups excluding carboxylic acids is 1. The average molecular weight is 363 g/mol. The number of esters is 1. The van der Waals surface area contributed by atoms with Crippen LogP contribution < -0.4 is 0 Å². The van der Waals surface area contributed by atoms with E-state index in [0.29, 0.717) is 11.8 Å². The van der Waals surface area contributed by atoms with Crippen molar-refractivity contribution in [3.05, 3.63) is 35.4 Å². The van der Waals surface area contributed by atoms with E-state index in [1.54, 1.807) is 12.1 Å². The fourth-order valence-electron chi connectivity index (χ4n) is 3.19. The van der Waals surface area contributed by atoms with Gasteiger partial charge in [0.25, 0.3) is 0 Å². The number of hydrogen-bond donors (Lipinski definition) is 1. The third-order valence-corrected chi connectivity index (χ3v) is 4.75. The second kappa shape index (κ2) is 10.3. The highest BCUT2D eigenvalue weighted by molar-refractivity contribution is 6.02. The summed E-state index contributed by atoms with van der Waals surface area (Å²) in [5.74, 6) is -0.586. The van der Waals surface area contributed by atoms with E-state index in [-0.39, 0.29) is 11.1 Å². The second-order valence-corrected chi connectivity index (χ2v) is 8.04. The molecule has 0 unspecified atom stereocenters. The molecule has 146 valence electrons. The quantitative estimate of drug-likeness (QED) is 0.494. The second-order valence-electron chi connectivity index (χ2n) is 8.04. The molecule has 0 aliphatic rings. The molecule has 1 N–H and O–H groups in total. The van der Waals surface area contributed by atoms with Gasteiger partial charge in [0.15, 0.2) is 0 Å². The summed E-state index contributed by atoms with van der Waals surface area (Å²) in [6, 6.07) is 6.28.